The van der Waals surface area contributed by atoms with Crippen molar-refractivity contribution in [3.8, 4) is 22.1 Å². The molecule has 178 valence electrons. The molecule has 0 saturated carbocycles. The summed E-state index contributed by atoms with van der Waals surface area (Å²) in [6, 6.07) is 11.3. The van der Waals surface area contributed by atoms with Gasteiger partial charge in [0, 0.05) is 30.1 Å². The Kier molecular flexibility index (Phi) is 6.77. The van der Waals surface area contributed by atoms with Crippen LogP contribution in [0.4, 0.5) is 11.6 Å². The van der Waals surface area contributed by atoms with Gasteiger partial charge in [-0.15, -0.1) is 11.3 Å². The largest absolute Gasteiger partial charge is 0.497 e. The number of thiocarbonyl (C=S) groups is 1. The number of thiophene rings is 1. The summed E-state index contributed by atoms with van der Waals surface area (Å²) in [5.74, 6) is 1.91. The van der Waals surface area contributed by atoms with Gasteiger partial charge in [0.15, 0.2) is 5.11 Å². The molecular formula is C23H25N5O4S2. The standard InChI is InChI=1S/C23H25N5O4S2/c1-29-14-8-13(9-15(10-14)30-2)25-23(33)28-18-12-32-20-17(11-31-21(18)20)27-22-24-6-5-16(26-22)19-4-3-7-34-19/h3-10,17-18,20-21H,11-12H2,1-2H3,(H,24,26,27)(H2,25,28,33)/t17-,18+,20-,21+/m0/s1. The van der Waals surface area contributed by atoms with Crippen LogP contribution in [0.2, 0.25) is 0 Å². The van der Waals surface area contributed by atoms with E-state index in [1.54, 1.807) is 37.8 Å². The number of ether oxygens (including phenoxy) is 4. The highest BCUT2D eigenvalue weighted by molar-refractivity contribution is 7.80. The lowest BCUT2D eigenvalue weighted by molar-refractivity contribution is 0.0689. The minimum absolute atomic E-state index is 0.0560. The zero-order chi connectivity index (χ0) is 23.5. The second kappa shape index (κ2) is 10.1. The third-order valence-corrected chi connectivity index (χ3v) is 6.84. The SMILES string of the molecule is COc1cc(NC(=S)N[C@@H]2CO[C@@H]3[C@@H]2OC[C@@H]3Nc2nccc(-c3cccs3)n2)cc(OC)c1. The van der Waals surface area contributed by atoms with Crippen molar-refractivity contribution in [3.05, 3.63) is 48.0 Å². The number of anilines is 2. The first-order valence-electron chi connectivity index (χ1n) is 10.8. The lowest BCUT2D eigenvalue weighted by atomic mass is 10.1. The van der Waals surface area contributed by atoms with Gasteiger partial charge in [0.1, 0.15) is 23.7 Å². The topological polar surface area (TPSA) is 98.8 Å². The number of hydrogen-bond donors (Lipinski definition) is 3. The summed E-state index contributed by atoms with van der Waals surface area (Å²) < 4.78 is 22.8. The Bertz CT molecular complexity index is 1120. The summed E-state index contributed by atoms with van der Waals surface area (Å²) >= 11 is 7.18. The van der Waals surface area contributed by atoms with Gasteiger partial charge in [0.25, 0.3) is 0 Å². The molecule has 2 aliphatic rings. The van der Waals surface area contributed by atoms with Crippen molar-refractivity contribution >= 4 is 40.3 Å². The number of methoxy groups -OCH3 is 2. The molecule has 11 heteroatoms. The molecule has 2 aliphatic heterocycles. The molecule has 34 heavy (non-hydrogen) atoms. The van der Waals surface area contributed by atoms with Gasteiger partial charge in [-0.1, -0.05) is 6.07 Å². The van der Waals surface area contributed by atoms with Crippen molar-refractivity contribution in [3.63, 3.8) is 0 Å². The highest BCUT2D eigenvalue weighted by Gasteiger charge is 2.48. The number of aromatic nitrogens is 2. The molecule has 3 aromatic rings. The zero-order valence-corrected chi connectivity index (χ0v) is 20.3. The predicted molar refractivity (Wildman–Crippen MR) is 135 cm³/mol. The molecule has 0 unspecified atom stereocenters. The minimum atomic E-state index is -0.141. The molecule has 4 atom stereocenters. The van der Waals surface area contributed by atoms with Gasteiger partial charge in [-0.25, -0.2) is 9.97 Å². The van der Waals surface area contributed by atoms with E-state index in [-0.39, 0.29) is 24.3 Å². The Labute approximate surface area is 206 Å². The number of nitrogens with one attached hydrogen (secondary N) is 3. The summed E-state index contributed by atoms with van der Waals surface area (Å²) in [4.78, 5) is 10.1. The first kappa shape index (κ1) is 22.8. The number of fused-ring (bicyclic) bond motifs is 1. The van der Waals surface area contributed by atoms with Crippen LogP contribution in [-0.2, 0) is 9.47 Å². The fourth-order valence-electron chi connectivity index (χ4n) is 4.12. The Balaban J connectivity index is 1.19. The van der Waals surface area contributed by atoms with E-state index < -0.39 is 0 Å². The molecule has 3 N–H and O–H groups in total. The third-order valence-electron chi connectivity index (χ3n) is 5.72. The van der Waals surface area contributed by atoms with Crippen molar-refractivity contribution in [1.82, 2.24) is 15.3 Å². The molecule has 0 spiro atoms. The van der Waals surface area contributed by atoms with Crippen LogP contribution >= 0.6 is 23.6 Å². The first-order valence-corrected chi connectivity index (χ1v) is 12.1. The predicted octanol–water partition coefficient (Wildman–Crippen LogP) is 3.16. The second-order valence-electron chi connectivity index (χ2n) is 7.90. The molecule has 2 saturated heterocycles. The highest BCUT2D eigenvalue weighted by atomic mass is 32.1. The maximum Gasteiger partial charge on any atom is 0.223 e. The van der Waals surface area contributed by atoms with Crippen LogP contribution in [0.5, 0.6) is 11.5 Å². The lowest BCUT2D eigenvalue weighted by Gasteiger charge is -2.20. The van der Waals surface area contributed by atoms with E-state index in [1.807, 2.05) is 35.7 Å². The van der Waals surface area contributed by atoms with Crippen LogP contribution in [0.3, 0.4) is 0 Å². The molecule has 2 fully saturated rings. The monoisotopic (exact) mass is 499 g/mol. The normalized spacial score (nSPS) is 23.2. The van der Waals surface area contributed by atoms with Crippen molar-refractivity contribution < 1.29 is 18.9 Å². The summed E-state index contributed by atoms with van der Waals surface area (Å²) in [6.07, 6.45) is 1.48. The van der Waals surface area contributed by atoms with Crippen LogP contribution in [0, 0.1) is 0 Å². The van der Waals surface area contributed by atoms with E-state index in [1.165, 1.54) is 0 Å². The average Bonchev–Trinajstić information content (AvgIpc) is 3.60. The smallest absolute Gasteiger partial charge is 0.223 e. The Morgan fingerprint density at radius 2 is 1.79 bits per heavy atom. The fourth-order valence-corrected chi connectivity index (χ4v) is 5.08. The van der Waals surface area contributed by atoms with Gasteiger partial charge in [0.05, 0.1) is 50.1 Å². The van der Waals surface area contributed by atoms with Gasteiger partial charge in [-0.3, -0.25) is 0 Å². The minimum Gasteiger partial charge on any atom is -0.497 e. The Morgan fingerprint density at radius 1 is 1.06 bits per heavy atom. The molecule has 5 rings (SSSR count). The van der Waals surface area contributed by atoms with Crippen molar-refractivity contribution in [2.75, 3.05) is 38.1 Å². The summed E-state index contributed by atoms with van der Waals surface area (Å²) in [5.41, 5.74) is 1.65. The number of rotatable bonds is 7. The van der Waals surface area contributed by atoms with Crippen LogP contribution in [0.25, 0.3) is 10.6 Å². The quantitative estimate of drug-likeness (QED) is 0.421. The van der Waals surface area contributed by atoms with Gasteiger partial charge in [-0.2, -0.15) is 0 Å². The molecule has 9 nitrogen and oxygen atoms in total. The maximum atomic E-state index is 6.07. The maximum absolute atomic E-state index is 6.07. The fraction of sp³-hybridized carbons (Fsp3) is 0.348. The lowest BCUT2D eigenvalue weighted by Crippen LogP contribution is -2.46. The molecule has 1 aromatic carbocycles. The number of benzene rings is 1. The van der Waals surface area contributed by atoms with Crippen molar-refractivity contribution in [2.45, 2.75) is 24.3 Å². The highest BCUT2D eigenvalue weighted by Crippen LogP contribution is 2.30. The molecule has 0 amide bonds. The van der Waals surface area contributed by atoms with E-state index in [0.29, 0.717) is 35.8 Å². The van der Waals surface area contributed by atoms with Crippen LogP contribution < -0.4 is 25.4 Å². The summed E-state index contributed by atoms with van der Waals surface area (Å²) in [5, 5.41) is 12.4. The van der Waals surface area contributed by atoms with Crippen molar-refractivity contribution in [1.29, 1.82) is 0 Å². The van der Waals surface area contributed by atoms with E-state index in [0.717, 1.165) is 16.3 Å². The van der Waals surface area contributed by atoms with Crippen LogP contribution in [-0.4, -0.2) is 66.8 Å². The van der Waals surface area contributed by atoms with E-state index >= 15 is 0 Å². The molecule has 0 bridgehead atoms. The molecule has 2 aromatic heterocycles. The molecule has 4 heterocycles. The molecular weight excluding hydrogens is 474 g/mol. The average molecular weight is 500 g/mol. The molecule has 0 aliphatic carbocycles. The Hall–Kier alpha value is -2.99. The van der Waals surface area contributed by atoms with Gasteiger partial charge < -0.3 is 34.9 Å². The summed E-state index contributed by atoms with van der Waals surface area (Å²) in [7, 11) is 3.22. The van der Waals surface area contributed by atoms with E-state index in [9.17, 15) is 0 Å². The van der Waals surface area contributed by atoms with E-state index in [4.69, 9.17) is 31.2 Å². The van der Waals surface area contributed by atoms with Gasteiger partial charge in [0.2, 0.25) is 5.95 Å². The zero-order valence-electron chi connectivity index (χ0n) is 18.7. The third kappa shape index (κ3) is 4.92. The number of hydrogen-bond acceptors (Lipinski definition) is 9. The summed E-state index contributed by atoms with van der Waals surface area (Å²) in [6.45, 7) is 0.972. The van der Waals surface area contributed by atoms with Crippen LogP contribution in [0.1, 0.15) is 0 Å². The first-order chi connectivity index (χ1) is 16.6. The Morgan fingerprint density at radius 3 is 2.50 bits per heavy atom. The molecule has 0 radical (unpaired) electrons. The van der Waals surface area contributed by atoms with E-state index in [2.05, 4.69) is 25.9 Å². The van der Waals surface area contributed by atoms with Gasteiger partial charge >= 0.3 is 0 Å². The number of nitrogens with zero attached hydrogens (tertiary/aromatic N) is 2. The van der Waals surface area contributed by atoms with Crippen molar-refractivity contribution in [2.24, 2.45) is 0 Å². The van der Waals surface area contributed by atoms with Crippen LogP contribution in [0.15, 0.2) is 48.0 Å². The second-order valence-corrected chi connectivity index (χ2v) is 9.25. The van der Waals surface area contributed by atoms with Gasteiger partial charge in [-0.05, 0) is 29.7 Å².